The zero-order valence-electron chi connectivity index (χ0n) is 25.7. The van der Waals surface area contributed by atoms with Crippen molar-refractivity contribution in [3.8, 4) is 23.0 Å². The number of urea groups is 1. The fourth-order valence-electron chi connectivity index (χ4n) is 4.54. The first-order valence-electron chi connectivity index (χ1n) is 14.1. The lowest BCUT2D eigenvalue weighted by molar-refractivity contribution is -0.139. The summed E-state index contributed by atoms with van der Waals surface area (Å²) >= 11 is 15.7. The predicted molar refractivity (Wildman–Crippen MR) is 179 cm³/mol. The Morgan fingerprint density at radius 1 is 1.02 bits per heavy atom. The average Bonchev–Trinajstić information content (AvgIpc) is 3.03. The molecule has 47 heavy (non-hydrogen) atoms. The van der Waals surface area contributed by atoms with Gasteiger partial charge in [0.1, 0.15) is 6.61 Å². The van der Waals surface area contributed by atoms with Gasteiger partial charge < -0.3 is 34.3 Å². The highest BCUT2D eigenvalue weighted by Gasteiger charge is 2.32. The Hall–Kier alpha value is -4.46. The third-order valence-corrected chi connectivity index (χ3v) is 7.74. The van der Waals surface area contributed by atoms with Crippen LogP contribution in [0.4, 0.5) is 4.79 Å². The Morgan fingerprint density at radius 2 is 1.79 bits per heavy atom. The smallest absolute Gasteiger partial charge is 0.338 e. The van der Waals surface area contributed by atoms with E-state index in [2.05, 4.69) is 37.1 Å². The van der Waals surface area contributed by atoms with Crippen LogP contribution in [0.5, 0.6) is 23.0 Å². The van der Waals surface area contributed by atoms with E-state index in [0.29, 0.717) is 48.4 Å². The van der Waals surface area contributed by atoms with Crippen LogP contribution in [0.1, 0.15) is 36.6 Å². The van der Waals surface area contributed by atoms with Crippen LogP contribution in [-0.4, -0.2) is 51.6 Å². The molecule has 0 aromatic heterocycles. The first kappa shape index (κ1) is 35.4. The first-order chi connectivity index (χ1) is 22.5. The van der Waals surface area contributed by atoms with E-state index in [-0.39, 0.29) is 30.3 Å². The Morgan fingerprint density at radius 3 is 2.49 bits per heavy atom. The third kappa shape index (κ3) is 9.09. The number of nitrogens with zero attached hydrogens (tertiary/aromatic N) is 1. The average molecular weight is 750 g/mol. The van der Waals surface area contributed by atoms with Crippen molar-refractivity contribution >= 4 is 63.3 Å². The molecule has 0 bridgehead atoms. The molecule has 3 aromatic rings. The number of halogens is 3. The van der Waals surface area contributed by atoms with E-state index in [1.165, 1.54) is 20.4 Å². The van der Waals surface area contributed by atoms with E-state index in [0.717, 1.165) is 0 Å². The minimum absolute atomic E-state index is 0.125. The van der Waals surface area contributed by atoms with Gasteiger partial charge >= 0.3 is 12.0 Å². The van der Waals surface area contributed by atoms with Gasteiger partial charge in [0.25, 0.3) is 5.91 Å². The molecule has 3 N–H and O–H groups in total. The summed E-state index contributed by atoms with van der Waals surface area (Å²) in [7, 11) is 2.93. The molecule has 0 saturated carbocycles. The van der Waals surface area contributed by atoms with Crippen LogP contribution >= 0.6 is 39.1 Å². The van der Waals surface area contributed by atoms with E-state index in [1.807, 2.05) is 0 Å². The van der Waals surface area contributed by atoms with E-state index in [4.69, 9.17) is 46.9 Å². The first-order valence-corrected chi connectivity index (χ1v) is 15.6. The maximum absolute atomic E-state index is 12.6. The number of carbonyl (C=O) groups excluding carboxylic acids is 3. The van der Waals surface area contributed by atoms with Crippen LogP contribution in [0.15, 0.2) is 69.4 Å². The van der Waals surface area contributed by atoms with Crippen LogP contribution in [0, 0.1) is 0 Å². The van der Waals surface area contributed by atoms with Gasteiger partial charge in [-0.3, -0.25) is 4.79 Å². The summed E-state index contributed by atoms with van der Waals surface area (Å²) in [5.41, 5.74) is 4.82. The summed E-state index contributed by atoms with van der Waals surface area (Å²) in [6.45, 7) is 3.21. The monoisotopic (exact) mass is 748 g/mol. The van der Waals surface area contributed by atoms with Gasteiger partial charge in [-0.05, 0) is 55.8 Å². The van der Waals surface area contributed by atoms with Gasteiger partial charge in [0, 0.05) is 31.3 Å². The summed E-state index contributed by atoms with van der Waals surface area (Å²) in [5.74, 6) is 0.212. The van der Waals surface area contributed by atoms with Gasteiger partial charge in [-0.25, -0.2) is 15.0 Å². The highest BCUT2D eigenvalue weighted by molar-refractivity contribution is 9.10. The second-order valence-electron chi connectivity index (χ2n) is 9.83. The molecule has 12 nitrogen and oxygen atoms in total. The number of rotatable bonds is 13. The minimum Gasteiger partial charge on any atom is -0.493 e. The number of hydrazone groups is 1. The van der Waals surface area contributed by atoms with E-state index in [9.17, 15) is 14.4 Å². The molecule has 0 spiro atoms. The fraction of sp³-hybridized carbons (Fsp3) is 0.250. The van der Waals surface area contributed by atoms with Crippen molar-refractivity contribution in [2.75, 3.05) is 27.4 Å². The highest BCUT2D eigenvalue weighted by Crippen LogP contribution is 2.36. The topological polar surface area (TPSA) is 146 Å². The van der Waals surface area contributed by atoms with Crippen molar-refractivity contribution in [2.24, 2.45) is 5.10 Å². The third-order valence-electron chi connectivity index (χ3n) is 6.69. The van der Waals surface area contributed by atoms with Gasteiger partial charge in [-0.2, -0.15) is 5.10 Å². The molecule has 4 rings (SSSR count). The Balaban J connectivity index is 1.43. The second kappa shape index (κ2) is 16.4. The normalized spacial score (nSPS) is 14.3. The van der Waals surface area contributed by atoms with E-state index < -0.39 is 30.6 Å². The SMILES string of the molecule is CCOC(=O)C1=C(C)NC(=O)N[C@@H]1c1ccc(OCC(=O)N/N=C/c2cc(Br)cc(OC)c2OCc2ccc(Cl)cc2Cl)c(OC)c1. The zero-order valence-corrected chi connectivity index (χ0v) is 28.8. The number of benzene rings is 3. The van der Waals surface area contributed by atoms with Crippen molar-refractivity contribution < 1.29 is 38.1 Å². The number of amides is 3. The molecule has 0 aliphatic carbocycles. The summed E-state index contributed by atoms with van der Waals surface area (Å²) < 4.78 is 28.6. The van der Waals surface area contributed by atoms with Crippen molar-refractivity contribution in [3.63, 3.8) is 0 Å². The number of hydrogen-bond acceptors (Lipinski definition) is 9. The van der Waals surface area contributed by atoms with Gasteiger partial charge in [0.15, 0.2) is 29.6 Å². The molecule has 1 aliphatic rings. The molecule has 15 heteroatoms. The highest BCUT2D eigenvalue weighted by atomic mass is 79.9. The molecule has 3 amide bonds. The minimum atomic E-state index is -0.794. The van der Waals surface area contributed by atoms with Crippen LogP contribution in [0.2, 0.25) is 10.0 Å². The number of carbonyl (C=O) groups is 3. The van der Waals surface area contributed by atoms with Crippen LogP contribution < -0.4 is 35.0 Å². The number of nitrogens with one attached hydrogen (secondary N) is 3. The molecule has 0 saturated heterocycles. The second-order valence-corrected chi connectivity index (χ2v) is 11.6. The number of methoxy groups -OCH3 is 2. The molecule has 1 atom stereocenters. The Labute approximate surface area is 289 Å². The Kier molecular flexibility index (Phi) is 12.3. The molecule has 0 fully saturated rings. The summed E-state index contributed by atoms with van der Waals surface area (Å²) in [5, 5.41) is 10.3. The maximum atomic E-state index is 12.6. The van der Waals surface area contributed by atoms with Gasteiger partial charge in [-0.15, -0.1) is 0 Å². The summed E-state index contributed by atoms with van der Waals surface area (Å²) in [6, 6.07) is 12.1. The number of allylic oxidation sites excluding steroid dienone is 1. The van der Waals surface area contributed by atoms with Crippen molar-refractivity contribution in [3.05, 3.63) is 91.0 Å². The van der Waals surface area contributed by atoms with E-state index in [1.54, 1.807) is 62.4 Å². The largest absolute Gasteiger partial charge is 0.493 e. The van der Waals surface area contributed by atoms with Gasteiger partial charge in [0.05, 0.1) is 38.7 Å². The molecule has 3 aromatic carbocycles. The molecule has 1 aliphatic heterocycles. The fourth-order valence-corrected chi connectivity index (χ4v) is 5.45. The van der Waals surface area contributed by atoms with Gasteiger partial charge in [0.2, 0.25) is 0 Å². The van der Waals surface area contributed by atoms with Crippen molar-refractivity contribution in [1.29, 1.82) is 0 Å². The standard InChI is InChI=1S/C32H31BrCl2N4O8/c1-5-45-31(41)28-17(2)37-32(42)38-29(28)18-7-9-24(25(11-18)43-3)46-16-27(40)39-36-14-20-10-21(33)12-26(44-4)30(20)47-15-19-6-8-22(34)13-23(19)35/h6-14,29H,5,15-16H2,1-4H3,(H,39,40)(H2,37,38,42)/b36-14+/t29-/m1/s1. The molecule has 1 heterocycles. The molecule has 0 unspecified atom stereocenters. The maximum Gasteiger partial charge on any atom is 0.338 e. The number of hydrogen-bond donors (Lipinski definition) is 3. The van der Waals surface area contributed by atoms with Crippen LogP contribution in [0.3, 0.4) is 0 Å². The van der Waals surface area contributed by atoms with E-state index >= 15 is 0 Å². The summed E-state index contributed by atoms with van der Waals surface area (Å²) in [4.78, 5) is 37.5. The molecular weight excluding hydrogens is 719 g/mol. The van der Waals surface area contributed by atoms with Gasteiger partial charge in [-0.1, -0.05) is 51.3 Å². The lowest BCUT2D eigenvalue weighted by Crippen LogP contribution is -2.45. The van der Waals surface area contributed by atoms with Crippen LogP contribution in [0.25, 0.3) is 0 Å². The zero-order chi connectivity index (χ0) is 34.1. The molecular formula is C32H31BrCl2N4O8. The van der Waals surface area contributed by atoms with Crippen molar-refractivity contribution in [1.82, 2.24) is 16.1 Å². The quantitative estimate of drug-likeness (QED) is 0.109. The number of ether oxygens (including phenoxy) is 5. The molecule has 248 valence electrons. The van der Waals surface area contributed by atoms with Crippen molar-refractivity contribution in [2.45, 2.75) is 26.5 Å². The van der Waals surface area contributed by atoms with Crippen LogP contribution in [-0.2, 0) is 20.9 Å². The summed E-state index contributed by atoms with van der Waals surface area (Å²) in [6.07, 6.45) is 1.41. The lowest BCUT2D eigenvalue weighted by Gasteiger charge is -2.28. The Bertz CT molecular complexity index is 1730. The predicted octanol–water partition coefficient (Wildman–Crippen LogP) is 6.07. The molecule has 0 radical (unpaired) electrons. The number of esters is 1. The lowest BCUT2D eigenvalue weighted by atomic mass is 9.95.